The van der Waals surface area contributed by atoms with Crippen molar-refractivity contribution in [2.45, 2.75) is 25.9 Å². The Bertz CT molecular complexity index is 368. The van der Waals surface area contributed by atoms with Gasteiger partial charge in [-0.25, -0.2) is 0 Å². The molecule has 1 aromatic carbocycles. The molecule has 0 N–H and O–H groups in total. The summed E-state index contributed by atoms with van der Waals surface area (Å²) in [6.45, 7) is 2.41. The summed E-state index contributed by atoms with van der Waals surface area (Å²) < 4.78 is 37.1. The van der Waals surface area contributed by atoms with Crippen LogP contribution in [-0.4, -0.2) is 12.0 Å². The molecule has 0 aliphatic rings. The van der Waals surface area contributed by atoms with E-state index in [1.165, 1.54) is 31.2 Å². The van der Waals surface area contributed by atoms with Crippen LogP contribution in [0.4, 0.5) is 13.2 Å². The van der Waals surface area contributed by atoms with E-state index in [0.29, 0.717) is 5.56 Å². The van der Waals surface area contributed by atoms with Gasteiger partial charge in [0.05, 0.1) is 5.92 Å². The molecule has 0 aliphatic carbocycles. The monoisotopic (exact) mass is 216 g/mol. The summed E-state index contributed by atoms with van der Waals surface area (Å²) in [5, 5.41) is 0. The molecule has 0 amide bonds. The molecule has 1 atom stereocenters. The second-order valence-corrected chi connectivity index (χ2v) is 3.44. The molecule has 4 heteroatoms. The van der Waals surface area contributed by atoms with E-state index in [4.69, 9.17) is 0 Å². The summed E-state index contributed by atoms with van der Waals surface area (Å²) >= 11 is 0. The Kier molecular flexibility index (Phi) is 3.17. The number of alkyl halides is 3. The average molecular weight is 216 g/mol. The van der Waals surface area contributed by atoms with Crippen LogP contribution in [0.3, 0.4) is 0 Å². The third-order valence-corrected chi connectivity index (χ3v) is 2.28. The molecule has 0 bridgehead atoms. The molecule has 0 heterocycles. The third kappa shape index (κ3) is 2.81. The number of halogens is 3. The van der Waals surface area contributed by atoms with Gasteiger partial charge in [-0.15, -0.1) is 0 Å². The van der Waals surface area contributed by atoms with Crippen LogP contribution in [-0.2, 0) is 0 Å². The molecule has 0 radical (unpaired) electrons. The summed E-state index contributed by atoms with van der Waals surface area (Å²) in [5.41, 5.74) is 0.429. The van der Waals surface area contributed by atoms with Crippen molar-refractivity contribution in [1.82, 2.24) is 0 Å². The van der Waals surface area contributed by atoms with Gasteiger partial charge in [-0.05, 0) is 25.5 Å². The van der Waals surface area contributed by atoms with Gasteiger partial charge in [0.1, 0.15) is 0 Å². The quantitative estimate of drug-likeness (QED) is 0.691. The molecule has 1 nitrogen and oxygen atoms in total. The van der Waals surface area contributed by atoms with Gasteiger partial charge < -0.3 is 0 Å². The summed E-state index contributed by atoms with van der Waals surface area (Å²) in [4.78, 5) is 11.0. The van der Waals surface area contributed by atoms with Crippen LogP contribution in [0.2, 0.25) is 0 Å². The van der Waals surface area contributed by atoms with Crippen molar-refractivity contribution in [2.75, 3.05) is 0 Å². The van der Waals surface area contributed by atoms with Gasteiger partial charge in [-0.3, -0.25) is 4.79 Å². The Balaban J connectivity index is 3.06. The van der Waals surface area contributed by atoms with E-state index in [1.54, 1.807) is 0 Å². The number of hydrogen-bond donors (Lipinski definition) is 0. The first-order valence-electron chi connectivity index (χ1n) is 4.50. The second kappa shape index (κ2) is 4.04. The summed E-state index contributed by atoms with van der Waals surface area (Å²) in [6.07, 6.45) is -4.27. The molecule has 1 rings (SSSR count). The number of hydrogen-bond acceptors (Lipinski definition) is 1. The van der Waals surface area contributed by atoms with Crippen molar-refractivity contribution in [3.8, 4) is 0 Å². The third-order valence-electron chi connectivity index (χ3n) is 2.28. The van der Waals surface area contributed by atoms with E-state index in [9.17, 15) is 18.0 Å². The lowest BCUT2D eigenvalue weighted by atomic mass is 9.98. The minimum atomic E-state index is -4.27. The minimum Gasteiger partial charge on any atom is -0.295 e. The Morgan fingerprint density at radius 2 is 1.93 bits per heavy atom. The molecule has 0 aliphatic heterocycles. The zero-order valence-electron chi connectivity index (χ0n) is 8.43. The van der Waals surface area contributed by atoms with Gasteiger partial charge in [0.25, 0.3) is 0 Å². The van der Waals surface area contributed by atoms with Crippen LogP contribution in [0.15, 0.2) is 24.3 Å². The fourth-order valence-corrected chi connectivity index (χ4v) is 1.22. The SMILES string of the molecule is CC(=O)c1cccc([C@H](C)C(F)(F)F)c1. The first-order chi connectivity index (χ1) is 6.82. The molecule has 0 saturated heterocycles. The Labute approximate surface area is 85.9 Å². The molecule has 82 valence electrons. The summed E-state index contributed by atoms with van der Waals surface area (Å²) in [5.74, 6) is -1.77. The number of carbonyl (C=O) groups excluding carboxylic acids is 1. The van der Waals surface area contributed by atoms with Crippen LogP contribution in [0.1, 0.15) is 35.7 Å². The highest BCUT2D eigenvalue weighted by molar-refractivity contribution is 5.94. The molecule has 0 spiro atoms. The Hall–Kier alpha value is -1.32. The molecule has 0 aromatic heterocycles. The lowest BCUT2D eigenvalue weighted by Gasteiger charge is -2.16. The standard InChI is InChI=1S/C11H11F3O/c1-7(11(12,13)14)9-4-3-5-10(6-9)8(2)15/h3-7H,1-2H3/t7-/m0/s1. The van der Waals surface area contributed by atoms with Gasteiger partial charge in [0.2, 0.25) is 0 Å². The highest BCUT2D eigenvalue weighted by atomic mass is 19.4. The van der Waals surface area contributed by atoms with E-state index in [-0.39, 0.29) is 11.3 Å². The summed E-state index contributed by atoms with van der Waals surface area (Å²) in [6, 6.07) is 5.65. The van der Waals surface area contributed by atoms with Crippen molar-refractivity contribution in [3.63, 3.8) is 0 Å². The summed E-state index contributed by atoms with van der Waals surface area (Å²) in [7, 11) is 0. The molecule has 0 saturated carbocycles. The maximum absolute atomic E-state index is 12.4. The van der Waals surface area contributed by atoms with E-state index in [2.05, 4.69) is 0 Å². The molecular weight excluding hydrogens is 205 g/mol. The van der Waals surface area contributed by atoms with Gasteiger partial charge >= 0.3 is 6.18 Å². The van der Waals surface area contributed by atoms with Crippen LogP contribution >= 0.6 is 0 Å². The van der Waals surface area contributed by atoms with Gasteiger partial charge in [0, 0.05) is 5.56 Å². The van der Waals surface area contributed by atoms with E-state index in [0.717, 1.165) is 6.92 Å². The van der Waals surface area contributed by atoms with Gasteiger partial charge in [-0.1, -0.05) is 18.2 Å². The van der Waals surface area contributed by atoms with Crippen molar-refractivity contribution < 1.29 is 18.0 Å². The number of ketones is 1. The molecule has 1 aromatic rings. The zero-order chi connectivity index (χ0) is 11.6. The molecule has 15 heavy (non-hydrogen) atoms. The highest BCUT2D eigenvalue weighted by Gasteiger charge is 2.36. The van der Waals surface area contributed by atoms with Crippen molar-refractivity contribution in [1.29, 1.82) is 0 Å². The van der Waals surface area contributed by atoms with Crippen molar-refractivity contribution >= 4 is 5.78 Å². The highest BCUT2D eigenvalue weighted by Crippen LogP contribution is 2.34. The molecule has 0 unspecified atom stereocenters. The normalized spacial score (nSPS) is 13.7. The number of benzene rings is 1. The van der Waals surface area contributed by atoms with Gasteiger partial charge in [0.15, 0.2) is 5.78 Å². The fraction of sp³-hybridized carbons (Fsp3) is 0.364. The fourth-order valence-electron chi connectivity index (χ4n) is 1.22. The second-order valence-electron chi connectivity index (χ2n) is 3.44. The van der Waals surface area contributed by atoms with E-state index >= 15 is 0 Å². The Morgan fingerprint density at radius 1 is 1.33 bits per heavy atom. The number of carbonyl (C=O) groups is 1. The van der Waals surface area contributed by atoms with Crippen molar-refractivity contribution in [3.05, 3.63) is 35.4 Å². The first-order valence-corrected chi connectivity index (χ1v) is 4.50. The molecule has 0 fully saturated rings. The minimum absolute atomic E-state index is 0.121. The zero-order valence-corrected chi connectivity index (χ0v) is 8.43. The van der Waals surface area contributed by atoms with E-state index < -0.39 is 12.1 Å². The molecular formula is C11H11F3O. The average Bonchev–Trinajstić information content (AvgIpc) is 2.15. The van der Waals surface area contributed by atoms with Crippen molar-refractivity contribution in [2.24, 2.45) is 0 Å². The predicted octanol–water partition coefficient (Wildman–Crippen LogP) is 3.56. The van der Waals surface area contributed by atoms with E-state index in [1.807, 2.05) is 0 Å². The van der Waals surface area contributed by atoms with Crippen LogP contribution in [0.25, 0.3) is 0 Å². The van der Waals surface area contributed by atoms with Crippen LogP contribution in [0.5, 0.6) is 0 Å². The number of rotatable bonds is 2. The topological polar surface area (TPSA) is 17.1 Å². The predicted molar refractivity (Wildman–Crippen MR) is 50.9 cm³/mol. The van der Waals surface area contributed by atoms with Gasteiger partial charge in [-0.2, -0.15) is 13.2 Å². The Morgan fingerprint density at radius 3 is 2.40 bits per heavy atom. The number of Topliss-reactive ketones (excluding diaryl/α,β-unsaturated/α-hetero) is 1. The van der Waals surface area contributed by atoms with Crippen LogP contribution in [0, 0.1) is 0 Å². The maximum Gasteiger partial charge on any atom is 0.395 e. The lowest BCUT2D eigenvalue weighted by molar-refractivity contribution is -0.146. The lowest BCUT2D eigenvalue weighted by Crippen LogP contribution is -2.17. The maximum atomic E-state index is 12.4. The largest absolute Gasteiger partial charge is 0.395 e. The van der Waals surface area contributed by atoms with Crippen LogP contribution < -0.4 is 0 Å². The smallest absolute Gasteiger partial charge is 0.295 e. The first kappa shape index (κ1) is 11.8.